The highest BCUT2D eigenvalue weighted by Gasteiger charge is 2.14. The van der Waals surface area contributed by atoms with E-state index < -0.39 is 4.92 Å². The first-order chi connectivity index (χ1) is 9.52. The van der Waals surface area contributed by atoms with Gasteiger partial charge in [0.05, 0.1) is 21.6 Å². The van der Waals surface area contributed by atoms with Crippen molar-refractivity contribution in [3.63, 3.8) is 0 Å². The fourth-order valence-electron chi connectivity index (χ4n) is 1.59. The third-order valence-electron chi connectivity index (χ3n) is 2.56. The van der Waals surface area contributed by atoms with Crippen LogP contribution in [-0.2, 0) is 6.61 Å². The van der Waals surface area contributed by atoms with Gasteiger partial charge in [-0.1, -0.05) is 35.3 Å². The number of para-hydroxylation sites is 1. The van der Waals surface area contributed by atoms with E-state index in [0.29, 0.717) is 10.6 Å². The van der Waals surface area contributed by atoms with Crippen molar-refractivity contribution in [1.29, 1.82) is 0 Å². The molecule has 0 radical (unpaired) electrons. The van der Waals surface area contributed by atoms with E-state index in [-0.39, 0.29) is 28.8 Å². The average Bonchev–Trinajstić information content (AvgIpc) is 2.42. The summed E-state index contributed by atoms with van der Waals surface area (Å²) in [7, 11) is 0. The second kappa shape index (κ2) is 6.09. The number of hydrogen-bond donors (Lipinski definition) is 1. The molecule has 0 saturated heterocycles. The fourth-order valence-corrected chi connectivity index (χ4v) is 2.03. The van der Waals surface area contributed by atoms with Gasteiger partial charge in [0, 0.05) is 17.7 Å². The SMILES string of the molecule is O=[N+]([O-])c1ccc(Oc2c(Cl)cccc2CO)c(Cl)c1. The normalized spacial score (nSPS) is 10.3. The van der Waals surface area contributed by atoms with Crippen LogP contribution in [-0.4, -0.2) is 10.0 Å². The van der Waals surface area contributed by atoms with Crippen molar-refractivity contribution in [3.05, 3.63) is 62.1 Å². The highest BCUT2D eigenvalue weighted by Crippen LogP contribution is 2.37. The van der Waals surface area contributed by atoms with Crippen molar-refractivity contribution < 1.29 is 14.8 Å². The summed E-state index contributed by atoms with van der Waals surface area (Å²) in [4.78, 5) is 10.1. The zero-order valence-corrected chi connectivity index (χ0v) is 11.6. The molecule has 0 aliphatic rings. The maximum absolute atomic E-state index is 10.6. The Morgan fingerprint density at radius 2 is 1.95 bits per heavy atom. The predicted molar refractivity (Wildman–Crippen MR) is 75.6 cm³/mol. The molecule has 2 rings (SSSR count). The smallest absolute Gasteiger partial charge is 0.271 e. The Kier molecular flexibility index (Phi) is 4.44. The van der Waals surface area contributed by atoms with Crippen molar-refractivity contribution in [3.8, 4) is 11.5 Å². The number of aliphatic hydroxyl groups excluding tert-OH is 1. The first-order valence-corrected chi connectivity index (χ1v) is 6.28. The topological polar surface area (TPSA) is 72.6 Å². The summed E-state index contributed by atoms with van der Waals surface area (Å²) in [5.74, 6) is 0.493. The van der Waals surface area contributed by atoms with Crippen molar-refractivity contribution in [1.82, 2.24) is 0 Å². The number of aliphatic hydroxyl groups is 1. The standard InChI is InChI=1S/C13H9Cl2NO4/c14-10-3-1-2-8(7-17)13(10)20-12-5-4-9(16(18)19)6-11(12)15/h1-6,17H,7H2. The van der Waals surface area contributed by atoms with Crippen LogP contribution in [0.5, 0.6) is 11.5 Å². The Morgan fingerprint density at radius 1 is 1.20 bits per heavy atom. The third-order valence-corrected chi connectivity index (χ3v) is 3.15. The lowest BCUT2D eigenvalue weighted by atomic mass is 10.2. The summed E-state index contributed by atoms with van der Waals surface area (Å²) in [5.41, 5.74) is 0.357. The van der Waals surface area contributed by atoms with Gasteiger partial charge in [-0.15, -0.1) is 0 Å². The number of nitro groups is 1. The largest absolute Gasteiger partial charge is 0.454 e. The maximum atomic E-state index is 10.6. The quantitative estimate of drug-likeness (QED) is 0.678. The molecule has 0 atom stereocenters. The van der Waals surface area contributed by atoms with Crippen molar-refractivity contribution >= 4 is 28.9 Å². The van der Waals surface area contributed by atoms with E-state index in [2.05, 4.69) is 0 Å². The predicted octanol–water partition coefficient (Wildman–Crippen LogP) is 4.19. The number of halogens is 2. The Labute approximate surface area is 124 Å². The summed E-state index contributed by atoms with van der Waals surface area (Å²) in [5, 5.41) is 20.3. The minimum atomic E-state index is -0.551. The van der Waals surface area contributed by atoms with Gasteiger partial charge in [-0.05, 0) is 12.1 Å². The molecule has 0 fully saturated rings. The molecule has 0 unspecified atom stereocenters. The van der Waals surface area contributed by atoms with Gasteiger partial charge >= 0.3 is 0 Å². The highest BCUT2D eigenvalue weighted by molar-refractivity contribution is 6.33. The maximum Gasteiger partial charge on any atom is 0.271 e. The van der Waals surface area contributed by atoms with E-state index in [1.165, 1.54) is 18.2 Å². The minimum Gasteiger partial charge on any atom is -0.454 e. The molecule has 0 aromatic heterocycles. The lowest BCUT2D eigenvalue weighted by molar-refractivity contribution is -0.384. The van der Waals surface area contributed by atoms with Crippen LogP contribution in [0.15, 0.2) is 36.4 Å². The van der Waals surface area contributed by atoms with Crippen LogP contribution in [0.4, 0.5) is 5.69 Å². The van der Waals surface area contributed by atoms with Crippen molar-refractivity contribution in [2.75, 3.05) is 0 Å². The van der Waals surface area contributed by atoms with Crippen molar-refractivity contribution in [2.24, 2.45) is 0 Å². The number of nitro benzene ring substituents is 1. The lowest BCUT2D eigenvalue weighted by Gasteiger charge is -2.12. The van der Waals surface area contributed by atoms with Crippen LogP contribution >= 0.6 is 23.2 Å². The summed E-state index contributed by atoms with van der Waals surface area (Å²) in [6, 6.07) is 8.78. The first-order valence-electron chi connectivity index (χ1n) is 5.53. The van der Waals surface area contributed by atoms with Gasteiger partial charge in [-0.3, -0.25) is 10.1 Å². The Hall–Kier alpha value is -1.82. The number of nitrogens with zero attached hydrogens (tertiary/aromatic N) is 1. The molecule has 0 heterocycles. The zero-order valence-electron chi connectivity index (χ0n) is 10.0. The van der Waals surface area contributed by atoms with E-state index in [9.17, 15) is 15.2 Å². The molecule has 104 valence electrons. The average molecular weight is 314 g/mol. The van der Waals surface area contributed by atoms with Gasteiger partial charge in [0.1, 0.15) is 5.75 Å². The summed E-state index contributed by atoms with van der Waals surface area (Å²) in [6.07, 6.45) is 0. The third kappa shape index (κ3) is 3.01. The molecule has 0 spiro atoms. The van der Waals surface area contributed by atoms with E-state index in [4.69, 9.17) is 27.9 Å². The molecule has 0 saturated carbocycles. The number of non-ortho nitro benzene ring substituents is 1. The first kappa shape index (κ1) is 14.6. The molecule has 2 aromatic rings. The van der Waals surface area contributed by atoms with Crippen LogP contribution in [0, 0.1) is 10.1 Å². The molecular formula is C13H9Cl2NO4. The summed E-state index contributed by atoms with van der Waals surface area (Å²) < 4.78 is 5.55. The number of benzene rings is 2. The molecule has 7 heteroatoms. The van der Waals surface area contributed by atoms with Gasteiger partial charge in [-0.2, -0.15) is 0 Å². The molecular weight excluding hydrogens is 305 g/mol. The molecule has 2 aromatic carbocycles. The van der Waals surface area contributed by atoms with Gasteiger partial charge in [0.15, 0.2) is 5.75 Å². The summed E-state index contributed by atoms with van der Waals surface area (Å²) >= 11 is 11.9. The summed E-state index contributed by atoms with van der Waals surface area (Å²) in [6.45, 7) is -0.250. The molecule has 1 N–H and O–H groups in total. The molecule has 0 bridgehead atoms. The van der Waals surface area contributed by atoms with E-state index in [0.717, 1.165) is 0 Å². The van der Waals surface area contributed by atoms with Crippen LogP contribution in [0.25, 0.3) is 0 Å². The second-order valence-corrected chi connectivity index (χ2v) is 4.67. The van der Waals surface area contributed by atoms with Crippen molar-refractivity contribution in [2.45, 2.75) is 6.61 Å². The number of ether oxygens (including phenoxy) is 1. The Morgan fingerprint density at radius 3 is 2.55 bits per heavy atom. The van der Waals surface area contributed by atoms with Crippen LogP contribution in [0.3, 0.4) is 0 Å². The Bertz CT molecular complexity index is 661. The number of hydrogen-bond acceptors (Lipinski definition) is 4. The van der Waals surface area contributed by atoms with Crippen LogP contribution in [0.2, 0.25) is 10.0 Å². The van der Waals surface area contributed by atoms with Gasteiger partial charge in [0.25, 0.3) is 5.69 Å². The zero-order chi connectivity index (χ0) is 14.7. The highest BCUT2D eigenvalue weighted by atomic mass is 35.5. The molecule has 20 heavy (non-hydrogen) atoms. The Balaban J connectivity index is 2.38. The molecule has 5 nitrogen and oxygen atoms in total. The number of rotatable bonds is 4. The molecule has 0 aliphatic heterocycles. The van der Waals surface area contributed by atoms with Gasteiger partial charge < -0.3 is 9.84 Å². The second-order valence-electron chi connectivity index (χ2n) is 3.86. The fraction of sp³-hybridized carbons (Fsp3) is 0.0769. The van der Waals surface area contributed by atoms with E-state index in [1.54, 1.807) is 18.2 Å². The minimum absolute atomic E-state index is 0.0861. The molecule has 0 aliphatic carbocycles. The lowest BCUT2D eigenvalue weighted by Crippen LogP contribution is -1.94. The van der Waals surface area contributed by atoms with E-state index >= 15 is 0 Å². The van der Waals surface area contributed by atoms with Crippen LogP contribution in [0.1, 0.15) is 5.56 Å². The van der Waals surface area contributed by atoms with Gasteiger partial charge in [-0.25, -0.2) is 0 Å². The van der Waals surface area contributed by atoms with Crippen LogP contribution < -0.4 is 4.74 Å². The van der Waals surface area contributed by atoms with E-state index in [1.807, 2.05) is 0 Å². The molecule has 0 amide bonds. The monoisotopic (exact) mass is 313 g/mol. The van der Waals surface area contributed by atoms with Gasteiger partial charge in [0.2, 0.25) is 0 Å².